The molecule has 1 heterocycles. The highest BCUT2D eigenvalue weighted by Crippen LogP contribution is 2.34. The zero-order valence-electron chi connectivity index (χ0n) is 14.4. The maximum Gasteiger partial charge on any atom is 0.163 e. The van der Waals surface area contributed by atoms with Gasteiger partial charge in [0.2, 0.25) is 0 Å². The van der Waals surface area contributed by atoms with Gasteiger partial charge in [-0.15, -0.1) is 0 Å². The Morgan fingerprint density at radius 2 is 1.78 bits per heavy atom. The molecule has 23 heavy (non-hydrogen) atoms. The molecule has 1 fully saturated rings. The van der Waals surface area contributed by atoms with Crippen molar-refractivity contribution in [1.82, 2.24) is 0 Å². The maximum atomic E-state index is 12.7. The van der Waals surface area contributed by atoms with Crippen LogP contribution >= 0.6 is 15.9 Å². The fraction of sp³-hybridized carbons (Fsp3) is 0.667. The number of rotatable bonds is 6. The van der Waals surface area contributed by atoms with Gasteiger partial charge < -0.3 is 9.47 Å². The standard InChI is InChI=1S/C18H27BrO3S/c1-5-6-7-15-17(19)16(22-18(3,4)21-15)12-23(20)14-10-8-13(2)9-11-14/h8-11,15-17H,5-7,12H2,1-4H3/t15-,16+,17-,23?/m0/s1. The first kappa shape index (κ1) is 19.1. The Morgan fingerprint density at radius 3 is 2.39 bits per heavy atom. The molecule has 0 radical (unpaired) electrons. The zero-order valence-corrected chi connectivity index (χ0v) is 16.8. The largest absolute Gasteiger partial charge is 0.346 e. The van der Waals surface area contributed by atoms with E-state index in [0.717, 1.165) is 24.2 Å². The molecule has 5 heteroatoms. The van der Waals surface area contributed by atoms with Gasteiger partial charge in [-0.2, -0.15) is 0 Å². The van der Waals surface area contributed by atoms with E-state index in [4.69, 9.17) is 9.47 Å². The minimum atomic E-state index is -1.07. The van der Waals surface area contributed by atoms with Crippen LogP contribution in [0.3, 0.4) is 0 Å². The van der Waals surface area contributed by atoms with Gasteiger partial charge in [0.05, 0.1) is 33.6 Å². The van der Waals surface area contributed by atoms with Crippen LogP contribution in [-0.2, 0) is 20.3 Å². The molecule has 4 atom stereocenters. The summed E-state index contributed by atoms with van der Waals surface area (Å²) in [6.45, 7) is 8.08. The Labute approximate surface area is 150 Å². The number of aryl methyl sites for hydroxylation is 1. The van der Waals surface area contributed by atoms with Gasteiger partial charge in [0, 0.05) is 4.90 Å². The summed E-state index contributed by atoms with van der Waals surface area (Å²) in [6.07, 6.45) is 3.23. The van der Waals surface area contributed by atoms with Crippen LogP contribution in [0.2, 0.25) is 0 Å². The molecule has 1 aliphatic heterocycles. The Morgan fingerprint density at radius 1 is 1.17 bits per heavy atom. The number of alkyl halides is 1. The summed E-state index contributed by atoms with van der Waals surface area (Å²) in [6, 6.07) is 7.87. The smallest absolute Gasteiger partial charge is 0.163 e. The van der Waals surface area contributed by atoms with Crippen molar-refractivity contribution in [1.29, 1.82) is 0 Å². The second kappa shape index (κ2) is 8.24. The first-order valence-corrected chi connectivity index (χ1v) is 10.5. The van der Waals surface area contributed by atoms with Gasteiger partial charge in [0.25, 0.3) is 0 Å². The van der Waals surface area contributed by atoms with Gasteiger partial charge in [0.15, 0.2) is 5.79 Å². The van der Waals surface area contributed by atoms with Crippen LogP contribution in [0.1, 0.15) is 45.6 Å². The fourth-order valence-corrected chi connectivity index (χ4v) is 4.93. The number of halogens is 1. The SMILES string of the molecule is CCCC[C@@H]1OC(C)(C)O[C@H](CS(=O)c2ccc(C)cc2)[C@H]1Br. The first-order valence-electron chi connectivity index (χ1n) is 8.27. The monoisotopic (exact) mass is 402 g/mol. The van der Waals surface area contributed by atoms with Gasteiger partial charge in [0.1, 0.15) is 0 Å². The summed E-state index contributed by atoms with van der Waals surface area (Å²) in [4.78, 5) is 0.921. The molecule has 1 aromatic carbocycles. The molecule has 1 saturated heterocycles. The molecular formula is C18H27BrO3S. The van der Waals surface area contributed by atoms with E-state index in [1.807, 2.05) is 45.0 Å². The van der Waals surface area contributed by atoms with Crippen LogP contribution in [0.25, 0.3) is 0 Å². The van der Waals surface area contributed by atoms with Crippen molar-refractivity contribution >= 4 is 26.7 Å². The molecular weight excluding hydrogens is 376 g/mol. The molecule has 2 rings (SSSR count). The average molecular weight is 403 g/mol. The lowest BCUT2D eigenvalue weighted by Gasteiger charge is -2.44. The third-order valence-corrected chi connectivity index (χ3v) is 6.63. The molecule has 1 aromatic rings. The highest BCUT2D eigenvalue weighted by Gasteiger charge is 2.42. The van der Waals surface area contributed by atoms with Crippen LogP contribution in [0.4, 0.5) is 0 Å². The molecule has 1 aliphatic rings. The Bertz CT molecular complexity index is 530. The van der Waals surface area contributed by atoms with Gasteiger partial charge in [-0.05, 0) is 39.3 Å². The zero-order chi connectivity index (χ0) is 17.0. The van der Waals surface area contributed by atoms with Crippen molar-refractivity contribution in [2.45, 2.75) is 74.7 Å². The lowest BCUT2D eigenvalue weighted by molar-refractivity contribution is -0.291. The van der Waals surface area contributed by atoms with Gasteiger partial charge in [-0.1, -0.05) is 53.4 Å². The van der Waals surface area contributed by atoms with E-state index in [2.05, 4.69) is 22.9 Å². The van der Waals surface area contributed by atoms with Crippen molar-refractivity contribution in [3.05, 3.63) is 29.8 Å². The van der Waals surface area contributed by atoms with Crippen molar-refractivity contribution in [2.24, 2.45) is 0 Å². The van der Waals surface area contributed by atoms with Crippen LogP contribution in [0.15, 0.2) is 29.2 Å². The second-order valence-electron chi connectivity index (χ2n) is 6.62. The van der Waals surface area contributed by atoms with Gasteiger partial charge >= 0.3 is 0 Å². The van der Waals surface area contributed by atoms with Crippen LogP contribution in [-0.4, -0.2) is 32.8 Å². The molecule has 0 amide bonds. The van der Waals surface area contributed by atoms with E-state index in [9.17, 15) is 4.21 Å². The number of hydrogen-bond donors (Lipinski definition) is 0. The van der Waals surface area contributed by atoms with Gasteiger partial charge in [-0.3, -0.25) is 4.21 Å². The number of benzene rings is 1. The molecule has 0 spiro atoms. The summed E-state index contributed by atoms with van der Waals surface area (Å²) in [5, 5.41) is 0. The molecule has 1 unspecified atom stereocenters. The predicted molar refractivity (Wildman–Crippen MR) is 98.5 cm³/mol. The van der Waals surface area contributed by atoms with Crippen LogP contribution in [0.5, 0.6) is 0 Å². The second-order valence-corrected chi connectivity index (χ2v) is 9.18. The molecule has 0 saturated carbocycles. The Kier molecular flexibility index (Phi) is 6.84. The third-order valence-electron chi connectivity index (χ3n) is 4.02. The number of ether oxygens (including phenoxy) is 2. The predicted octanol–water partition coefficient (Wildman–Crippen LogP) is 4.58. The highest BCUT2D eigenvalue weighted by molar-refractivity contribution is 9.09. The van der Waals surface area contributed by atoms with Crippen LogP contribution < -0.4 is 0 Å². The summed E-state index contributed by atoms with van der Waals surface area (Å²) < 4.78 is 24.8. The van der Waals surface area contributed by atoms with E-state index < -0.39 is 16.6 Å². The summed E-state index contributed by atoms with van der Waals surface area (Å²) in [5.74, 6) is -0.154. The van der Waals surface area contributed by atoms with Crippen molar-refractivity contribution in [3.8, 4) is 0 Å². The van der Waals surface area contributed by atoms with E-state index in [0.29, 0.717) is 5.75 Å². The van der Waals surface area contributed by atoms with Crippen molar-refractivity contribution in [3.63, 3.8) is 0 Å². The van der Waals surface area contributed by atoms with E-state index in [1.54, 1.807) is 0 Å². The first-order chi connectivity index (χ1) is 10.8. The lowest BCUT2D eigenvalue weighted by atomic mass is 10.0. The number of unbranched alkanes of at least 4 members (excludes halogenated alkanes) is 1. The fourth-order valence-electron chi connectivity index (χ4n) is 2.81. The third kappa shape index (κ3) is 5.38. The van der Waals surface area contributed by atoms with Crippen LogP contribution in [0, 0.1) is 6.92 Å². The molecule has 0 N–H and O–H groups in total. The summed E-state index contributed by atoms with van der Waals surface area (Å²) >= 11 is 3.73. The minimum absolute atomic E-state index is 0.0662. The average Bonchev–Trinajstić information content (AvgIpc) is 2.49. The van der Waals surface area contributed by atoms with Gasteiger partial charge in [-0.25, -0.2) is 0 Å². The van der Waals surface area contributed by atoms with Crippen molar-refractivity contribution in [2.75, 3.05) is 5.75 Å². The summed E-state index contributed by atoms with van der Waals surface area (Å²) in [7, 11) is -1.07. The Balaban J connectivity index is 2.07. The normalized spacial score (nSPS) is 28.5. The highest BCUT2D eigenvalue weighted by atomic mass is 79.9. The molecule has 0 bridgehead atoms. The lowest BCUT2D eigenvalue weighted by Crippen LogP contribution is -2.53. The topological polar surface area (TPSA) is 35.5 Å². The van der Waals surface area contributed by atoms with E-state index >= 15 is 0 Å². The molecule has 0 aromatic heterocycles. The van der Waals surface area contributed by atoms with E-state index in [-0.39, 0.29) is 17.0 Å². The van der Waals surface area contributed by atoms with E-state index in [1.165, 1.54) is 5.56 Å². The Hall–Kier alpha value is -0.230. The minimum Gasteiger partial charge on any atom is -0.346 e. The molecule has 0 aliphatic carbocycles. The van der Waals surface area contributed by atoms with Crippen molar-refractivity contribution < 1.29 is 13.7 Å². The quantitative estimate of drug-likeness (QED) is 0.653. The molecule has 130 valence electrons. The maximum absolute atomic E-state index is 12.7. The number of hydrogen-bond acceptors (Lipinski definition) is 3. The molecule has 3 nitrogen and oxygen atoms in total. The summed E-state index contributed by atoms with van der Waals surface area (Å²) in [5.41, 5.74) is 1.17.